The van der Waals surface area contributed by atoms with Crippen molar-refractivity contribution >= 4 is 11.5 Å². The van der Waals surface area contributed by atoms with Gasteiger partial charge in [0.05, 0.1) is 13.0 Å². The standard InChI is InChI=1S/C29H38O2/c1-22(2)10-9-11-23(3)18-19-31-29(30)21-28(27-12-7-6-8-13-27)20-25(5)26-16-14-24(4)15-17-26/h6-8,10,12-17,23,28H,5,9,11,18-21H2,1-4H3. The summed E-state index contributed by atoms with van der Waals surface area (Å²) in [4.78, 5) is 12.6. The first-order valence-electron chi connectivity index (χ1n) is 11.4. The smallest absolute Gasteiger partial charge is 0.306 e. The molecule has 2 nitrogen and oxygen atoms in total. The van der Waals surface area contributed by atoms with E-state index in [0.717, 1.165) is 42.4 Å². The average Bonchev–Trinajstić information content (AvgIpc) is 2.74. The van der Waals surface area contributed by atoms with Crippen molar-refractivity contribution in [1.29, 1.82) is 0 Å². The Kier molecular flexibility index (Phi) is 10.3. The van der Waals surface area contributed by atoms with Gasteiger partial charge in [0.25, 0.3) is 0 Å². The summed E-state index contributed by atoms with van der Waals surface area (Å²) in [5, 5.41) is 0. The van der Waals surface area contributed by atoms with E-state index in [1.165, 1.54) is 11.1 Å². The molecule has 0 aliphatic rings. The second kappa shape index (κ2) is 12.9. The quantitative estimate of drug-likeness (QED) is 0.259. The van der Waals surface area contributed by atoms with E-state index < -0.39 is 0 Å². The van der Waals surface area contributed by atoms with Gasteiger partial charge in [0.15, 0.2) is 0 Å². The maximum absolute atomic E-state index is 12.6. The first kappa shape index (κ1) is 24.7. The average molecular weight is 419 g/mol. The van der Waals surface area contributed by atoms with Crippen molar-refractivity contribution in [2.75, 3.05) is 6.61 Å². The number of esters is 1. The van der Waals surface area contributed by atoms with Gasteiger partial charge in [-0.05, 0) is 75.0 Å². The zero-order valence-corrected chi connectivity index (χ0v) is 19.7. The van der Waals surface area contributed by atoms with Crippen LogP contribution in [0.15, 0.2) is 72.8 Å². The van der Waals surface area contributed by atoms with E-state index in [1.54, 1.807) is 0 Å². The molecular formula is C29H38O2. The fraction of sp³-hybridized carbons (Fsp3) is 0.414. The van der Waals surface area contributed by atoms with E-state index in [2.05, 4.69) is 76.7 Å². The Balaban J connectivity index is 1.90. The molecule has 0 saturated carbocycles. The Morgan fingerprint density at radius 2 is 1.68 bits per heavy atom. The van der Waals surface area contributed by atoms with Gasteiger partial charge in [-0.3, -0.25) is 4.79 Å². The van der Waals surface area contributed by atoms with Crippen LogP contribution in [0.3, 0.4) is 0 Å². The number of aryl methyl sites for hydroxylation is 1. The molecule has 2 aromatic carbocycles. The lowest BCUT2D eigenvalue weighted by atomic mass is 9.87. The van der Waals surface area contributed by atoms with E-state index in [0.29, 0.717) is 18.9 Å². The van der Waals surface area contributed by atoms with Crippen LogP contribution in [-0.2, 0) is 9.53 Å². The van der Waals surface area contributed by atoms with Crippen molar-refractivity contribution in [3.05, 3.63) is 89.5 Å². The number of ether oxygens (including phenoxy) is 1. The maximum atomic E-state index is 12.6. The summed E-state index contributed by atoms with van der Waals surface area (Å²) in [6.45, 7) is 13.4. The Bertz CT molecular complexity index is 842. The molecule has 2 atom stereocenters. The van der Waals surface area contributed by atoms with Crippen LogP contribution in [-0.4, -0.2) is 12.6 Å². The van der Waals surface area contributed by atoms with Gasteiger partial charge in [0, 0.05) is 0 Å². The van der Waals surface area contributed by atoms with E-state index >= 15 is 0 Å². The molecule has 2 heteroatoms. The number of carbonyl (C=O) groups is 1. The highest BCUT2D eigenvalue weighted by molar-refractivity contribution is 5.72. The summed E-state index contributed by atoms with van der Waals surface area (Å²) >= 11 is 0. The van der Waals surface area contributed by atoms with Crippen molar-refractivity contribution in [2.24, 2.45) is 5.92 Å². The largest absolute Gasteiger partial charge is 0.466 e. The number of benzene rings is 2. The summed E-state index contributed by atoms with van der Waals surface area (Å²) in [6.07, 6.45) is 6.52. The van der Waals surface area contributed by atoms with Gasteiger partial charge in [-0.1, -0.05) is 85.3 Å². The number of hydrogen-bond acceptors (Lipinski definition) is 2. The highest BCUT2D eigenvalue weighted by atomic mass is 16.5. The van der Waals surface area contributed by atoms with E-state index in [-0.39, 0.29) is 11.9 Å². The van der Waals surface area contributed by atoms with Gasteiger partial charge in [-0.2, -0.15) is 0 Å². The predicted molar refractivity (Wildman–Crippen MR) is 132 cm³/mol. The molecule has 0 aromatic heterocycles. The monoisotopic (exact) mass is 418 g/mol. The fourth-order valence-corrected chi connectivity index (χ4v) is 3.67. The molecule has 0 fully saturated rings. The van der Waals surface area contributed by atoms with Crippen molar-refractivity contribution in [3.63, 3.8) is 0 Å². The van der Waals surface area contributed by atoms with Gasteiger partial charge >= 0.3 is 5.97 Å². The Morgan fingerprint density at radius 1 is 1.00 bits per heavy atom. The first-order chi connectivity index (χ1) is 14.8. The molecule has 0 bridgehead atoms. The van der Waals surface area contributed by atoms with Gasteiger partial charge in [0.1, 0.15) is 0 Å². The SMILES string of the molecule is C=C(CC(CC(=O)OCCC(C)CCC=C(C)C)c1ccccc1)c1ccc(C)cc1. The first-order valence-corrected chi connectivity index (χ1v) is 11.4. The number of hydrogen-bond donors (Lipinski definition) is 0. The molecule has 2 aromatic rings. The summed E-state index contributed by atoms with van der Waals surface area (Å²) in [7, 11) is 0. The molecule has 2 unspecified atom stereocenters. The molecule has 0 spiro atoms. The lowest BCUT2D eigenvalue weighted by Crippen LogP contribution is -2.13. The number of carbonyl (C=O) groups excluding carboxylic acids is 1. The van der Waals surface area contributed by atoms with Crippen LogP contribution in [0.4, 0.5) is 0 Å². The molecule has 0 amide bonds. The third-order valence-corrected chi connectivity index (χ3v) is 5.72. The van der Waals surface area contributed by atoms with Crippen LogP contribution in [0.5, 0.6) is 0 Å². The number of allylic oxidation sites excluding steroid dienone is 3. The lowest BCUT2D eigenvalue weighted by molar-refractivity contribution is -0.144. The second-order valence-corrected chi connectivity index (χ2v) is 8.96. The molecule has 166 valence electrons. The van der Waals surface area contributed by atoms with Gasteiger partial charge in [-0.15, -0.1) is 0 Å². The summed E-state index contributed by atoms with van der Waals surface area (Å²) in [5.74, 6) is 0.495. The summed E-state index contributed by atoms with van der Waals surface area (Å²) in [6, 6.07) is 18.6. The molecule has 31 heavy (non-hydrogen) atoms. The molecule has 0 radical (unpaired) electrons. The Morgan fingerprint density at radius 3 is 2.32 bits per heavy atom. The van der Waals surface area contributed by atoms with Crippen LogP contribution >= 0.6 is 0 Å². The van der Waals surface area contributed by atoms with Crippen LogP contribution in [0.25, 0.3) is 5.57 Å². The summed E-state index contributed by atoms with van der Waals surface area (Å²) in [5.41, 5.74) is 5.93. The Hall–Kier alpha value is -2.61. The minimum Gasteiger partial charge on any atom is -0.466 e. The normalized spacial score (nSPS) is 12.6. The van der Waals surface area contributed by atoms with Crippen LogP contribution in [0.2, 0.25) is 0 Å². The lowest BCUT2D eigenvalue weighted by Gasteiger charge is -2.19. The van der Waals surface area contributed by atoms with Crippen molar-refractivity contribution in [2.45, 2.75) is 65.7 Å². The minimum atomic E-state index is -0.123. The van der Waals surface area contributed by atoms with Crippen molar-refractivity contribution in [3.8, 4) is 0 Å². The van der Waals surface area contributed by atoms with Crippen molar-refractivity contribution in [1.82, 2.24) is 0 Å². The van der Waals surface area contributed by atoms with Crippen LogP contribution in [0.1, 0.15) is 75.5 Å². The van der Waals surface area contributed by atoms with E-state index in [1.807, 2.05) is 18.2 Å². The third kappa shape index (κ3) is 9.38. The van der Waals surface area contributed by atoms with Gasteiger partial charge in [-0.25, -0.2) is 0 Å². The summed E-state index contributed by atoms with van der Waals surface area (Å²) < 4.78 is 5.61. The second-order valence-electron chi connectivity index (χ2n) is 8.96. The molecule has 0 aliphatic heterocycles. The zero-order valence-electron chi connectivity index (χ0n) is 19.7. The van der Waals surface area contributed by atoms with E-state index in [4.69, 9.17) is 4.74 Å². The molecule has 0 aliphatic carbocycles. The fourth-order valence-electron chi connectivity index (χ4n) is 3.67. The molecule has 0 heterocycles. The molecule has 0 saturated heterocycles. The maximum Gasteiger partial charge on any atom is 0.306 e. The van der Waals surface area contributed by atoms with Crippen molar-refractivity contribution < 1.29 is 9.53 Å². The van der Waals surface area contributed by atoms with Gasteiger partial charge < -0.3 is 4.74 Å². The minimum absolute atomic E-state index is 0.0672. The van der Waals surface area contributed by atoms with Crippen LogP contribution in [0, 0.1) is 12.8 Å². The topological polar surface area (TPSA) is 26.3 Å². The predicted octanol–water partition coefficient (Wildman–Crippen LogP) is 7.89. The third-order valence-electron chi connectivity index (χ3n) is 5.72. The Labute approximate surface area is 189 Å². The molecular weight excluding hydrogens is 380 g/mol. The number of rotatable bonds is 12. The molecule has 0 N–H and O–H groups in total. The van der Waals surface area contributed by atoms with Gasteiger partial charge in [0.2, 0.25) is 0 Å². The molecule has 2 rings (SSSR count). The highest BCUT2D eigenvalue weighted by Gasteiger charge is 2.19. The zero-order chi connectivity index (χ0) is 22.6. The van der Waals surface area contributed by atoms with Crippen LogP contribution < -0.4 is 0 Å². The van der Waals surface area contributed by atoms with E-state index in [9.17, 15) is 4.79 Å². The highest BCUT2D eigenvalue weighted by Crippen LogP contribution is 2.31.